The molecule has 0 radical (unpaired) electrons. The maximum atomic E-state index is 12.0. The third-order valence-corrected chi connectivity index (χ3v) is 3.62. The summed E-state index contributed by atoms with van der Waals surface area (Å²) >= 11 is 5.81. The molecule has 0 aliphatic heterocycles. The van der Waals surface area contributed by atoms with Crippen molar-refractivity contribution in [3.8, 4) is 5.75 Å². The molecule has 5 nitrogen and oxygen atoms in total. The van der Waals surface area contributed by atoms with E-state index in [1.54, 1.807) is 43.5 Å². The highest BCUT2D eigenvalue weighted by atomic mass is 35.5. The van der Waals surface area contributed by atoms with Crippen LogP contribution in [-0.2, 0) is 11.3 Å². The van der Waals surface area contributed by atoms with Crippen molar-refractivity contribution < 1.29 is 14.3 Å². The highest BCUT2D eigenvalue weighted by Gasteiger charge is 2.07. The molecule has 0 fully saturated rings. The number of amides is 2. The smallest absolute Gasteiger partial charge is 0.251 e. The molecule has 0 saturated heterocycles. The van der Waals surface area contributed by atoms with E-state index in [0.29, 0.717) is 22.9 Å². The van der Waals surface area contributed by atoms with Crippen molar-refractivity contribution in [3.05, 3.63) is 64.7 Å². The monoisotopic (exact) mass is 346 g/mol. The average molecular weight is 347 g/mol. The van der Waals surface area contributed by atoms with E-state index in [1.807, 2.05) is 12.1 Å². The quantitative estimate of drug-likeness (QED) is 0.810. The molecule has 0 aliphatic rings. The van der Waals surface area contributed by atoms with Gasteiger partial charge in [0.15, 0.2) is 0 Å². The van der Waals surface area contributed by atoms with E-state index >= 15 is 0 Å². The Balaban J connectivity index is 1.71. The average Bonchev–Trinajstić information content (AvgIpc) is 2.61. The van der Waals surface area contributed by atoms with E-state index in [-0.39, 0.29) is 24.8 Å². The number of hydrogen-bond donors (Lipinski definition) is 2. The lowest BCUT2D eigenvalue weighted by Gasteiger charge is -2.08. The predicted molar refractivity (Wildman–Crippen MR) is 93.2 cm³/mol. The molecule has 24 heavy (non-hydrogen) atoms. The molecule has 0 aromatic heterocycles. The van der Waals surface area contributed by atoms with Crippen molar-refractivity contribution >= 4 is 23.4 Å². The second-order valence-electron chi connectivity index (χ2n) is 5.14. The standard InChI is InChI=1S/C18H19ClN2O3/c1-24-16-4-2-3-14(11-16)18(23)20-10-9-17(22)21-12-13-5-7-15(19)8-6-13/h2-8,11H,9-10,12H2,1H3,(H,20,23)(H,21,22). The van der Waals surface area contributed by atoms with Crippen LogP contribution in [0.25, 0.3) is 0 Å². The highest BCUT2D eigenvalue weighted by molar-refractivity contribution is 6.30. The zero-order valence-corrected chi connectivity index (χ0v) is 14.1. The van der Waals surface area contributed by atoms with Gasteiger partial charge in [-0.3, -0.25) is 9.59 Å². The molecule has 2 aromatic carbocycles. The molecule has 2 N–H and O–H groups in total. The Kier molecular flexibility index (Phi) is 6.63. The second kappa shape index (κ2) is 8.93. The second-order valence-corrected chi connectivity index (χ2v) is 5.58. The first-order chi connectivity index (χ1) is 11.6. The summed E-state index contributed by atoms with van der Waals surface area (Å²) in [5, 5.41) is 6.17. The molecule has 6 heteroatoms. The molecule has 0 atom stereocenters. The van der Waals surface area contributed by atoms with Crippen LogP contribution in [0.3, 0.4) is 0 Å². The van der Waals surface area contributed by atoms with Gasteiger partial charge in [0.05, 0.1) is 7.11 Å². The Morgan fingerprint density at radius 3 is 2.54 bits per heavy atom. The molecule has 2 rings (SSSR count). The van der Waals surface area contributed by atoms with Crippen molar-refractivity contribution in [2.24, 2.45) is 0 Å². The first-order valence-electron chi connectivity index (χ1n) is 7.52. The number of carbonyl (C=O) groups excluding carboxylic acids is 2. The van der Waals surface area contributed by atoms with Gasteiger partial charge >= 0.3 is 0 Å². The molecular formula is C18H19ClN2O3. The number of hydrogen-bond acceptors (Lipinski definition) is 3. The van der Waals surface area contributed by atoms with Gasteiger partial charge in [-0.25, -0.2) is 0 Å². The van der Waals surface area contributed by atoms with Crippen LogP contribution in [0.15, 0.2) is 48.5 Å². The van der Waals surface area contributed by atoms with Gasteiger partial charge in [-0.2, -0.15) is 0 Å². The molecule has 126 valence electrons. The molecule has 0 bridgehead atoms. The van der Waals surface area contributed by atoms with E-state index in [0.717, 1.165) is 5.56 Å². The Hall–Kier alpha value is -2.53. The SMILES string of the molecule is COc1cccc(C(=O)NCCC(=O)NCc2ccc(Cl)cc2)c1. The Morgan fingerprint density at radius 1 is 1.08 bits per heavy atom. The molecule has 0 unspecified atom stereocenters. The first kappa shape index (κ1) is 17.8. The third kappa shape index (κ3) is 5.59. The summed E-state index contributed by atoms with van der Waals surface area (Å²) in [6.07, 6.45) is 0.212. The number of ether oxygens (including phenoxy) is 1. The van der Waals surface area contributed by atoms with Crippen molar-refractivity contribution in [3.63, 3.8) is 0 Å². The molecule has 0 spiro atoms. The minimum absolute atomic E-state index is 0.129. The highest BCUT2D eigenvalue weighted by Crippen LogP contribution is 2.12. The number of carbonyl (C=O) groups is 2. The third-order valence-electron chi connectivity index (χ3n) is 3.37. The van der Waals surface area contributed by atoms with Crippen LogP contribution in [-0.4, -0.2) is 25.5 Å². The number of halogens is 1. The summed E-state index contributed by atoms with van der Waals surface area (Å²) in [6, 6.07) is 14.1. The molecule has 0 heterocycles. The number of nitrogens with one attached hydrogen (secondary N) is 2. The summed E-state index contributed by atoms with van der Waals surface area (Å²) in [5.41, 5.74) is 1.46. The van der Waals surface area contributed by atoms with E-state index in [4.69, 9.17) is 16.3 Å². The van der Waals surface area contributed by atoms with Crippen LogP contribution in [0.2, 0.25) is 5.02 Å². The maximum absolute atomic E-state index is 12.0. The van der Waals surface area contributed by atoms with E-state index in [2.05, 4.69) is 10.6 Å². The Bertz CT molecular complexity index is 702. The summed E-state index contributed by atoms with van der Waals surface area (Å²) in [4.78, 5) is 23.8. The largest absolute Gasteiger partial charge is 0.497 e. The van der Waals surface area contributed by atoms with Gasteiger partial charge in [-0.15, -0.1) is 0 Å². The van der Waals surface area contributed by atoms with Crippen molar-refractivity contribution in [1.29, 1.82) is 0 Å². The molecule has 0 aliphatic carbocycles. The lowest BCUT2D eigenvalue weighted by molar-refractivity contribution is -0.121. The van der Waals surface area contributed by atoms with Crippen molar-refractivity contribution in [2.75, 3.05) is 13.7 Å². The number of benzene rings is 2. The minimum atomic E-state index is -0.237. The van der Waals surface area contributed by atoms with E-state index in [1.165, 1.54) is 0 Å². The van der Waals surface area contributed by atoms with Gasteiger partial charge in [0.2, 0.25) is 5.91 Å². The van der Waals surface area contributed by atoms with Gasteiger partial charge in [-0.05, 0) is 35.9 Å². The minimum Gasteiger partial charge on any atom is -0.497 e. The topological polar surface area (TPSA) is 67.4 Å². The zero-order valence-electron chi connectivity index (χ0n) is 13.3. The summed E-state index contributed by atoms with van der Waals surface area (Å²) < 4.78 is 5.08. The molecular weight excluding hydrogens is 328 g/mol. The van der Waals surface area contributed by atoms with Crippen LogP contribution in [0, 0.1) is 0 Å². The van der Waals surface area contributed by atoms with Gasteiger partial charge < -0.3 is 15.4 Å². The fraction of sp³-hybridized carbons (Fsp3) is 0.222. The van der Waals surface area contributed by atoms with Gasteiger partial charge in [0.1, 0.15) is 5.75 Å². The van der Waals surface area contributed by atoms with Crippen LogP contribution in [0.4, 0.5) is 0 Å². The van der Waals surface area contributed by atoms with Crippen molar-refractivity contribution in [1.82, 2.24) is 10.6 Å². The Morgan fingerprint density at radius 2 is 1.83 bits per heavy atom. The number of rotatable bonds is 7. The van der Waals surface area contributed by atoms with E-state index in [9.17, 15) is 9.59 Å². The van der Waals surface area contributed by atoms with Crippen LogP contribution < -0.4 is 15.4 Å². The lowest BCUT2D eigenvalue weighted by Crippen LogP contribution is -2.30. The summed E-state index contributed by atoms with van der Waals surface area (Å²) in [5.74, 6) is 0.249. The zero-order chi connectivity index (χ0) is 17.4. The predicted octanol–water partition coefficient (Wildman–Crippen LogP) is 2.78. The van der Waals surface area contributed by atoms with Gasteiger partial charge in [-0.1, -0.05) is 29.8 Å². The summed E-state index contributed by atoms with van der Waals surface area (Å²) in [6.45, 7) is 0.697. The lowest BCUT2D eigenvalue weighted by atomic mass is 10.2. The first-order valence-corrected chi connectivity index (χ1v) is 7.89. The van der Waals surface area contributed by atoms with E-state index < -0.39 is 0 Å². The van der Waals surface area contributed by atoms with Crippen LogP contribution in [0.1, 0.15) is 22.3 Å². The van der Waals surface area contributed by atoms with Crippen LogP contribution in [0.5, 0.6) is 5.75 Å². The number of methoxy groups -OCH3 is 1. The maximum Gasteiger partial charge on any atom is 0.251 e. The normalized spacial score (nSPS) is 10.1. The van der Waals surface area contributed by atoms with Crippen molar-refractivity contribution in [2.45, 2.75) is 13.0 Å². The molecule has 2 aromatic rings. The molecule has 2 amide bonds. The van der Waals surface area contributed by atoms with Gasteiger partial charge in [0, 0.05) is 30.1 Å². The summed E-state index contributed by atoms with van der Waals surface area (Å²) in [7, 11) is 1.54. The Labute approximate surface area is 146 Å². The van der Waals surface area contributed by atoms with Crippen LogP contribution >= 0.6 is 11.6 Å². The van der Waals surface area contributed by atoms with Gasteiger partial charge in [0.25, 0.3) is 5.91 Å². The fourth-order valence-corrected chi connectivity index (χ4v) is 2.17. The molecule has 0 saturated carbocycles. The fourth-order valence-electron chi connectivity index (χ4n) is 2.05.